The highest BCUT2D eigenvalue weighted by molar-refractivity contribution is 5.46. The van der Waals surface area contributed by atoms with Gasteiger partial charge in [-0.25, -0.2) is 0 Å². The van der Waals surface area contributed by atoms with Gasteiger partial charge in [0, 0.05) is 18.3 Å². The van der Waals surface area contributed by atoms with Crippen molar-refractivity contribution in [3.8, 4) is 11.5 Å². The minimum atomic E-state index is 0.183. The van der Waals surface area contributed by atoms with Gasteiger partial charge in [0.2, 0.25) is 0 Å². The Morgan fingerprint density at radius 1 is 1.04 bits per heavy atom. The number of hydrogen-bond donors (Lipinski definition) is 0. The molecule has 0 radical (unpaired) electrons. The molecule has 1 aliphatic rings. The van der Waals surface area contributed by atoms with Crippen molar-refractivity contribution >= 4 is 0 Å². The third kappa shape index (κ3) is 4.16. The first-order valence-electron chi connectivity index (χ1n) is 9.59. The first-order chi connectivity index (χ1) is 13.3. The van der Waals surface area contributed by atoms with Crippen molar-refractivity contribution in [2.45, 2.75) is 44.1 Å². The number of hydrogen-bond acceptors (Lipinski definition) is 4. The van der Waals surface area contributed by atoms with Gasteiger partial charge in [-0.15, -0.1) is 0 Å². The van der Waals surface area contributed by atoms with Gasteiger partial charge in [-0.3, -0.25) is 4.98 Å². The van der Waals surface area contributed by atoms with E-state index in [1.165, 1.54) is 24.0 Å². The quantitative estimate of drug-likeness (QED) is 0.565. The molecule has 140 valence electrons. The number of nitrogens with zero attached hydrogens (tertiary/aromatic N) is 1. The molecule has 0 amide bonds. The molecule has 0 unspecified atom stereocenters. The second-order valence-corrected chi connectivity index (χ2v) is 7.10. The molecule has 1 fully saturated rings. The van der Waals surface area contributed by atoms with Crippen LogP contribution in [0.4, 0.5) is 0 Å². The largest absolute Gasteiger partial charge is 0.493 e. The van der Waals surface area contributed by atoms with Crippen molar-refractivity contribution in [2.75, 3.05) is 7.11 Å². The zero-order valence-electron chi connectivity index (χ0n) is 15.6. The molecule has 4 nitrogen and oxygen atoms in total. The van der Waals surface area contributed by atoms with Crippen molar-refractivity contribution in [3.05, 3.63) is 78.0 Å². The number of benzene rings is 1. The fourth-order valence-electron chi connectivity index (χ4n) is 3.84. The predicted octanol–water partition coefficient (Wildman–Crippen LogP) is 5.38. The van der Waals surface area contributed by atoms with E-state index in [4.69, 9.17) is 13.9 Å². The minimum Gasteiger partial charge on any atom is -0.493 e. The molecule has 4 heteroatoms. The van der Waals surface area contributed by atoms with Crippen molar-refractivity contribution < 1.29 is 13.9 Å². The minimum absolute atomic E-state index is 0.183. The van der Waals surface area contributed by atoms with Gasteiger partial charge < -0.3 is 13.9 Å². The third-order valence-corrected chi connectivity index (χ3v) is 5.32. The second-order valence-electron chi connectivity index (χ2n) is 7.10. The Morgan fingerprint density at radius 3 is 2.56 bits per heavy atom. The Bertz CT molecular complexity index is 839. The molecule has 1 atom stereocenters. The molecule has 0 bridgehead atoms. The Balaban J connectivity index is 1.66. The van der Waals surface area contributed by atoms with Gasteiger partial charge in [-0.2, -0.15) is 0 Å². The second kappa shape index (κ2) is 8.30. The van der Waals surface area contributed by atoms with Gasteiger partial charge in [0.1, 0.15) is 0 Å². The van der Waals surface area contributed by atoms with Gasteiger partial charge in [0.05, 0.1) is 25.7 Å². The Kier molecular flexibility index (Phi) is 5.42. The van der Waals surface area contributed by atoms with Crippen LogP contribution in [0.15, 0.2) is 65.7 Å². The molecule has 1 saturated carbocycles. The van der Waals surface area contributed by atoms with Crippen molar-refractivity contribution in [3.63, 3.8) is 0 Å². The van der Waals surface area contributed by atoms with E-state index in [0.29, 0.717) is 6.10 Å². The van der Waals surface area contributed by atoms with Crippen LogP contribution in [0.2, 0.25) is 0 Å². The lowest BCUT2D eigenvalue weighted by Crippen LogP contribution is -2.12. The molecule has 1 aliphatic carbocycles. The molecule has 4 rings (SSSR count). The monoisotopic (exact) mass is 363 g/mol. The number of rotatable bonds is 7. The summed E-state index contributed by atoms with van der Waals surface area (Å²) in [6.07, 6.45) is 13.1. The van der Waals surface area contributed by atoms with E-state index >= 15 is 0 Å². The molecule has 0 spiro atoms. The van der Waals surface area contributed by atoms with E-state index in [9.17, 15) is 0 Å². The Labute approximate surface area is 160 Å². The summed E-state index contributed by atoms with van der Waals surface area (Å²) in [5.74, 6) is 1.81. The maximum Gasteiger partial charge on any atom is 0.161 e. The van der Waals surface area contributed by atoms with Crippen LogP contribution in [0, 0.1) is 0 Å². The standard InChI is InChI=1S/C23H25NO3/c1-25-22-7-6-18(15-23(22)27-20-4-2-3-5-20)21(19-10-13-26-16-19)14-17-8-11-24-12-9-17/h6-13,15-16,20-21H,2-5,14H2,1H3/t21-/m0/s1. The molecule has 0 saturated heterocycles. The summed E-state index contributed by atoms with van der Waals surface area (Å²) < 4.78 is 17.2. The predicted molar refractivity (Wildman–Crippen MR) is 104 cm³/mol. The fourth-order valence-corrected chi connectivity index (χ4v) is 3.84. The lowest BCUT2D eigenvalue weighted by Gasteiger charge is -2.20. The van der Waals surface area contributed by atoms with Gasteiger partial charge in [0.15, 0.2) is 11.5 Å². The van der Waals surface area contributed by atoms with E-state index in [0.717, 1.165) is 36.3 Å². The molecule has 0 N–H and O–H groups in total. The van der Waals surface area contributed by atoms with Crippen LogP contribution in [-0.4, -0.2) is 18.2 Å². The zero-order chi connectivity index (χ0) is 18.5. The first-order valence-corrected chi connectivity index (χ1v) is 9.59. The lowest BCUT2D eigenvalue weighted by molar-refractivity contribution is 0.200. The highest BCUT2D eigenvalue weighted by Crippen LogP contribution is 2.37. The Morgan fingerprint density at radius 2 is 1.85 bits per heavy atom. The van der Waals surface area contributed by atoms with Gasteiger partial charge in [0.25, 0.3) is 0 Å². The molecule has 1 aromatic carbocycles. The van der Waals surface area contributed by atoms with Gasteiger partial charge >= 0.3 is 0 Å². The fraction of sp³-hybridized carbons (Fsp3) is 0.348. The Hall–Kier alpha value is -2.75. The molecule has 27 heavy (non-hydrogen) atoms. The normalized spacial score (nSPS) is 15.6. The average molecular weight is 363 g/mol. The molecular formula is C23H25NO3. The van der Waals surface area contributed by atoms with Crippen LogP contribution in [0.1, 0.15) is 48.3 Å². The smallest absolute Gasteiger partial charge is 0.161 e. The molecule has 0 aliphatic heterocycles. The highest BCUT2D eigenvalue weighted by atomic mass is 16.5. The van der Waals surface area contributed by atoms with Crippen LogP contribution in [0.25, 0.3) is 0 Å². The zero-order valence-corrected chi connectivity index (χ0v) is 15.6. The lowest BCUT2D eigenvalue weighted by atomic mass is 9.87. The van der Waals surface area contributed by atoms with E-state index < -0.39 is 0 Å². The summed E-state index contributed by atoms with van der Waals surface area (Å²) in [5, 5.41) is 0. The third-order valence-electron chi connectivity index (χ3n) is 5.32. The average Bonchev–Trinajstić information content (AvgIpc) is 3.41. The number of pyridine rings is 1. The SMILES string of the molecule is COc1ccc([C@H](Cc2ccncc2)c2ccoc2)cc1OC1CCCC1. The van der Waals surface area contributed by atoms with Crippen LogP contribution >= 0.6 is 0 Å². The highest BCUT2D eigenvalue weighted by Gasteiger charge is 2.22. The first kappa shape index (κ1) is 17.7. The number of methoxy groups -OCH3 is 1. The van der Waals surface area contributed by atoms with Crippen LogP contribution < -0.4 is 9.47 Å². The number of aromatic nitrogens is 1. The van der Waals surface area contributed by atoms with Crippen LogP contribution in [0.5, 0.6) is 11.5 Å². The summed E-state index contributed by atoms with van der Waals surface area (Å²) in [4.78, 5) is 4.13. The maximum absolute atomic E-state index is 6.30. The molecular weight excluding hydrogens is 338 g/mol. The van der Waals surface area contributed by atoms with E-state index in [1.54, 1.807) is 13.4 Å². The van der Waals surface area contributed by atoms with E-state index in [2.05, 4.69) is 29.2 Å². The van der Waals surface area contributed by atoms with Crippen LogP contribution in [-0.2, 0) is 6.42 Å². The summed E-state index contributed by atoms with van der Waals surface area (Å²) in [5.41, 5.74) is 3.59. The summed E-state index contributed by atoms with van der Waals surface area (Å²) in [6, 6.07) is 12.4. The number of ether oxygens (including phenoxy) is 2. The van der Waals surface area contributed by atoms with E-state index in [-0.39, 0.29) is 5.92 Å². The van der Waals surface area contributed by atoms with Crippen molar-refractivity contribution in [1.29, 1.82) is 0 Å². The number of furan rings is 1. The summed E-state index contributed by atoms with van der Waals surface area (Å²) >= 11 is 0. The molecule has 3 aromatic rings. The summed E-state index contributed by atoms with van der Waals surface area (Å²) in [7, 11) is 1.70. The van der Waals surface area contributed by atoms with Crippen LogP contribution in [0.3, 0.4) is 0 Å². The van der Waals surface area contributed by atoms with Gasteiger partial charge in [-0.05, 0) is 79.1 Å². The maximum atomic E-state index is 6.30. The van der Waals surface area contributed by atoms with E-state index in [1.807, 2.05) is 30.8 Å². The molecule has 2 heterocycles. The van der Waals surface area contributed by atoms with Crippen molar-refractivity contribution in [1.82, 2.24) is 4.98 Å². The van der Waals surface area contributed by atoms with Crippen molar-refractivity contribution in [2.24, 2.45) is 0 Å². The summed E-state index contributed by atoms with van der Waals surface area (Å²) in [6.45, 7) is 0. The molecule has 2 aromatic heterocycles. The van der Waals surface area contributed by atoms with Gasteiger partial charge in [-0.1, -0.05) is 6.07 Å². The topological polar surface area (TPSA) is 44.5 Å².